The first-order valence-corrected chi connectivity index (χ1v) is 13.1. The van der Waals surface area contributed by atoms with Gasteiger partial charge in [-0.25, -0.2) is 0 Å². The molecule has 0 saturated carbocycles. The van der Waals surface area contributed by atoms with E-state index in [9.17, 15) is 19.5 Å². The van der Waals surface area contributed by atoms with Gasteiger partial charge >= 0.3 is 0 Å². The van der Waals surface area contributed by atoms with Gasteiger partial charge in [-0.2, -0.15) is 0 Å². The molecule has 8 heteroatoms. The summed E-state index contributed by atoms with van der Waals surface area (Å²) < 4.78 is 6.79. The maximum absolute atomic E-state index is 14.3. The Kier molecular flexibility index (Phi) is 6.92. The van der Waals surface area contributed by atoms with Crippen LogP contribution in [0.5, 0.6) is 0 Å². The summed E-state index contributed by atoms with van der Waals surface area (Å²) in [5.74, 6) is -1.97. The largest absolute Gasteiger partial charge is 0.394 e. The normalized spacial score (nSPS) is 36.3. The van der Waals surface area contributed by atoms with Crippen LogP contribution in [0, 0.1) is 17.8 Å². The summed E-state index contributed by atoms with van der Waals surface area (Å²) in [5.41, 5.74) is -2.27. The van der Waals surface area contributed by atoms with Crippen molar-refractivity contribution in [3.05, 3.63) is 24.3 Å². The average Bonchev–Trinajstić information content (AvgIpc) is 3.07. The molecule has 4 aliphatic rings. The number of carbonyl (C=O) groups is 3. The second kappa shape index (κ2) is 9.36. The number of likely N-dealkylation sites (N-methyl/N-ethyl adjacent to an activating group) is 1. The van der Waals surface area contributed by atoms with Gasteiger partial charge in [0.15, 0.2) is 0 Å². The average molecular weight is 488 g/mol. The number of amides is 3. The van der Waals surface area contributed by atoms with E-state index in [-0.39, 0.29) is 36.3 Å². The lowest BCUT2D eigenvalue weighted by Gasteiger charge is -2.41. The Balaban J connectivity index is 1.89. The zero-order valence-corrected chi connectivity index (χ0v) is 21.9. The first-order chi connectivity index (χ1) is 16.5. The summed E-state index contributed by atoms with van der Waals surface area (Å²) in [7, 11) is 1.73. The lowest BCUT2D eigenvalue weighted by Crippen LogP contribution is -2.59. The molecule has 3 amide bonds. The highest BCUT2D eigenvalue weighted by Gasteiger charge is 2.75. The van der Waals surface area contributed by atoms with Crippen molar-refractivity contribution in [2.45, 2.75) is 83.2 Å². The van der Waals surface area contributed by atoms with Crippen LogP contribution < -0.4 is 0 Å². The van der Waals surface area contributed by atoms with Gasteiger partial charge in [-0.15, -0.1) is 0 Å². The highest BCUT2D eigenvalue weighted by molar-refractivity contribution is 6.00. The van der Waals surface area contributed by atoms with E-state index in [0.29, 0.717) is 19.5 Å². The Morgan fingerprint density at radius 3 is 2.37 bits per heavy atom. The molecule has 0 aromatic carbocycles. The van der Waals surface area contributed by atoms with Crippen molar-refractivity contribution >= 4 is 17.7 Å². The molecule has 4 rings (SSSR count). The van der Waals surface area contributed by atoms with Gasteiger partial charge in [0.25, 0.3) is 0 Å². The van der Waals surface area contributed by atoms with Crippen molar-refractivity contribution in [3.8, 4) is 0 Å². The van der Waals surface area contributed by atoms with Crippen LogP contribution >= 0.6 is 0 Å². The van der Waals surface area contributed by atoms with E-state index < -0.39 is 35.1 Å². The Bertz CT molecular complexity index is 932. The predicted molar refractivity (Wildman–Crippen MR) is 132 cm³/mol. The lowest BCUT2D eigenvalue weighted by atomic mass is 9.74. The van der Waals surface area contributed by atoms with Crippen LogP contribution in [0.3, 0.4) is 0 Å². The number of nitrogens with zero attached hydrogens (tertiary/aromatic N) is 3. The molecule has 0 radical (unpaired) electrons. The first kappa shape index (κ1) is 25.9. The molecule has 8 nitrogen and oxygen atoms in total. The van der Waals surface area contributed by atoms with E-state index in [1.807, 2.05) is 56.9 Å². The number of hydrogen-bond donors (Lipinski definition) is 1. The smallest absolute Gasteiger partial charge is 0.249 e. The van der Waals surface area contributed by atoms with Gasteiger partial charge in [-0.1, -0.05) is 51.5 Å². The second-order valence-corrected chi connectivity index (χ2v) is 11.4. The van der Waals surface area contributed by atoms with Crippen LogP contribution in [0.25, 0.3) is 0 Å². The van der Waals surface area contributed by atoms with Gasteiger partial charge in [0.1, 0.15) is 11.6 Å². The van der Waals surface area contributed by atoms with Crippen molar-refractivity contribution in [2.75, 3.05) is 26.7 Å². The third-order valence-electron chi connectivity index (χ3n) is 8.31. The van der Waals surface area contributed by atoms with E-state index in [4.69, 9.17) is 4.74 Å². The predicted octanol–water partition coefficient (Wildman–Crippen LogP) is 1.98. The summed E-state index contributed by atoms with van der Waals surface area (Å²) in [6.07, 6.45) is 9.93. The van der Waals surface area contributed by atoms with Crippen molar-refractivity contribution in [3.63, 3.8) is 0 Å². The summed E-state index contributed by atoms with van der Waals surface area (Å²) in [5, 5.41) is 10.4. The maximum Gasteiger partial charge on any atom is 0.249 e. The SMILES string of the molecule is CCCC(C)N1CC=C[C@]23O[C@@]4(C)C=CCN(C)C(=O)[C@H]4[C@H]2C(=O)N([C@@H](CO)CC(C)C)C3C1=O. The minimum atomic E-state index is -1.27. The van der Waals surface area contributed by atoms with Crippen LogP contribution in [0.2, 0.25) is 0 Å². The highest BCUT2D eigenvalue weighted by Crippen LogP contribution is 2.58. The minimum absolute atomic E-state index is 0.00361. The van der Waals surface area contributed by atoms with Gasteiger partial charge in [-0.05, 0) is 32.6 Å². The van der Waals surface area contributed by atoms with Crippen molar-refractivity contribution in [2.24, 2.45) is 17.8 Å². The zero-order valence-electron chi connectivity index (χ0n) is 21.9. The third-order valence-corrected chi connectivity index (χ3v) is 8.31. The van der Waals surface area contributed by atoms with E-state index in [2.05, 4.69) is 6.92 Å². The molecule has 1 spiro atoms. The molecule has 0 aromatic heterocycles. The van der Waals surface area contributed by atoms with E-state index in [0.717, 1.165) is 12.8 Å². The van der Waals surface area contributed by atoms with Crippen molar-refractivity contribution in [1.29, 1.82) is 0 Å². The fourth-order valence-corrected chi connectivity index (χ4v) is 6.78. The maximum atomic E-state index is 14.3. The van der Waals surface area contributed by atoms with E-state index in [1.54, 1.807) is 16.8 Å². The number of aliphatic hydroxyl groups excluding tert-OH is 1. The van der Waals surface area contributed by atoms with Gasteiger partial charge in [0, 0.05) is 26.2 Å². The number of ether oxygens (including phenoxy) is 1. The molecule has 2 saturated heterocycles. The first-order valence-electron chi connectivity index (χ1n) is 13.1. The Morgan fingerprint density at radius 1 is 1.06 bits per heavy atom. The number of fused-ring (bicyclic) bond motifs is 2. The van der Waals surface area contributed by atoms with Crippen LogP contribution in [0.4, 0.5) is 0 Å². The van der Waals surface area contributed by atoms with Gasteiger partial charge < -0.3 is 24.5 Å². The molecular weight excluding hydrogens is 446 g/mol. The third kappa shape index (κ3) is 3.93. The molecule has 194 valence electrons. The van der Waals surface area contributed by atoms with Crippen LogP contribution in [0.1, 0.15) is 53.9 Å². The summed E-state index contributed by atoms with van der Waals surface area (Å²) in [4.78, 5) is 47.2. The molecule has 4 aliphatic heterocycles. The molecule has 4 heterocycles. The van der Waals surface area contributed by atoms with Crippen LogP contribution in [-0.2, 0) is 19.1 Å². The fourth-order valence-electron chi connectivity index (χ4n) is 6.78. The molecule has 0 aromatic rings. The Hall–Kier alpha value is -2.19. The topological polar surface area (TPSA) is 90.4 Å². The van der Waals surface area contributed by atoms with E-state index in [1.165, 1.54) is 0 Å². The summed E-state index contributed by atoms with van der Waals surface area (Å²) >= 11 is 0. The van der Waals surface area contributed by atoms with Crippen LogP contribution in [-0.4, -0.2) is 93.6 Å². The molecule has 7 atom stereocenters. The monoisotopic (exact) mass is 487 g/mol. The highest BCUT2D eigenvalue weighted by atomic mass is 16.5. The molecule has 0 bridgehead atoms. The minimum Gasteiger partial charge on any atom is -0.394 e. The lowest BCUT2D eigenvalue weighted by molar-refractivity contribution is -0.157. The number of likely N-dealkylation sites (tertiary alicyclic amines) is 1. The van der Waals surface area contributed by atoms with Crippen molar-refractivity contribution < 1.29 is 24.2 Å². The van der Waals surface area contributed by atoms with Crippen molar-refractivity contribution in [1.82, 2.24) is 14.7 Å². The Labute approximate surface area is 208 Å². The molecule has 1 N–H and O–H groups in total. The van der Waals surface area contributed by atoms with Gasteiger partial charge in [-0.3, -0.25) is 14.4 Å². The number of aliphatic hydroxyl groups is 1. The molecular formula is C27H41N3O5. The summed E-state index contributed by atoms with van der Waals surface area (Å²) in [6, 6.07) is -1.46. The zero-order chi connectivity index (χ0) is 25.7. The number of carbonyl (C=O) groups excluding carboxylic acids is 3. The quantitative estimate of drug-likeness (QED) is 0.555. The Morgan fingerprint density at radius 2 is 1.74 bits per heavy atom. The number of hydrogen-bond acceptors (Lipinski definition) is 5. The number of rotatable bonds is 7. The van der Waals surface area contributed by atoms with E-state index >= 15 is 0 Å². The molecule has 2 fully saturated rings. The molecule has 35 heavy (non-hydrogen) atoms. The fraction of sp³-hybridized carbons (Fsp3) is 0.741. The molecule has 0 aliphatic carbocycles. The molecule has 2 unspecified atom stereocenters. The second-order valence-electron chi connectivity index (χ2n) is 11.4. The van der Waals surface area contributed by atoms with Gasteiger partial charge in [0.2, 0.25) is 17.7 Å². The van der Waals surface area contributed by atoms with Gasteiger partial charge in [0.05, 0.1) is 30.1 Å². The van der Waals surface area contributed by atoms with Crippen LogP contribution in [0.15, 0.2) is 24.3 Å². The summed E-state index contributed by atoms with van der Waals surface area (Å²) in [6.45, 7) is 10.7. The standard InChI is InChI=1S/C27H41N3O5/c1-7-10-18(4)29-14-9-12-27-21(20-23(32)28(6)13-8-11-26(20,5)35-27)24(33)30(22(27)25(29)34)19(16-31)15-17(2)3/h8-9,11-12,17-22,31H,7,10,13-16H2,1-6H3/t18?,19-,20-,21+,22?,26+,27+/m1/s1.